The van der Waals surface area contributed by atoms with Crippen LogP contribution in [0, 0.1) is 6.92 Å². The van der Waals surface area contributed by atoms with Gasteiger partial charge in [-0.05, 0) is 48.9 Å². The van der Waals surface area contributed by atoms with Crippen molar-refractivity contribution in [2.45, 2.75) is 20.4 Å². The van der Waals surface area contributed by atoms with E-state index in [0.29, 0.717) is 40.5 Å². The fraction of sp³-hybridized carbons (Fsp3) is 0.400. The molecule has 2 heterocycles. The van der Waals surface area contributed by atoms with Crippen molar-refractivity contribution < 1.29 is 24.1 Å². The lowest BCUT2D eigenvalue weighted by Crippen LogP contribution is -2.45. The quantitative estimate of drug-likeness (QED) is 0.693. The molecule has 2 aliphatic rings. The number of likely N-dealkylation sites (N-methyl/N-ethyl adjacent to an activating group) is 1. The summed E-state index contributed by atoms with van der Waals surface area (Å²) in [7, 11) is 3.15. The molecule has 2 aliphatic heterocycles. The zero-order valence-electron chi connectivity index (χ0n) is 19.1. The smallest absolute Gasteiger partial charge is 0.232 e. The lowest BCUT2D eigenvalue weighted by molar-refractivity contribution is 0.101. The second kappa shape index (κ2) is 9.22. The molecule has 1 fully saturated rings. The lowest BCUT2D eigenvalue weighted by Gasteiger charge is -2.34. The summed E-state index contributed by atoms with van der Waals surface area (Å²) in [5, 5.41) is 10.7. The number of methoxy groups -OCH3 is 2. The van der Waals surface area contributed by atoms with Crippen LogP contribution in [0.25, 0.3) is 6.08 Å². The number of carbonyl (C=O) groups is 1. The van der Waals surface area contributed by atoms with Crippen LogP contribution < -0.4 is 14.2 Å². The Bertz CT molecular complexity index is 1050. The highest BCUT2D eigenvalue weighted by molar-refractivity contribution is 6.15. The summed E-state index contributed by atoms with van der Waals surface area (Å²) in [4.78, 5) is 17.9. The Kier molecular flexibility index (Phi) is 6.39. The summed E-state index contributed by atoms with van der Waals surface area (Å²) in [6.07, 6.45) is 1.70. The molecule has 0 bridgehead atoms. The Morgan fingerprint density at radius 2 is 1.75 bits per heavy atom. The molecule has 4 rings (SSSR count). The molecule has 0 atom stereocenters. The fourth-order valence-corrected chi connectivity index (χ4v) is 4.31. The summed E-state index contributed by atoms with van der Waals surface area (Å²) in [5.41, 5.74) is 2.66. The SMILES string of the molecule is CCN1CCN(Cc2c(O)cc(C)c3c2O/C(=C\c2ccc(OC)c(OC)c2)C3=O)CC1. The van der Waals surface area contributed by atoms with Gasteiger partial charge in [-0.15, -0.1) is 0 Å². The average molecular weight is 439 g/mol. The van der Waals surface area contributed by atoms with E-state index in [0.717, 1.165) is 38.3 Å². The minimum Gasteiger partial charge on any atom is -0.507 e. The maximum absolute atomic E-state index is 13.2. The molecule has 0 unspecified atom stereocenters. The van der Waals surface area contributed by atoms with Gasteiger partial charge in [0.25, 0.3) is 0 Å². The van der Waals surface area contributed by atoms with Crippen molar-refractivity contribution >= 4 is 11.9 Å². The minimum absolute atomic E-state index is 0.166. The number of aryl methyl sites for hydroxylation is 1. The van der Waals surface area contributed by atoms with Crippen LogP contribution in [0.2, 0.25) is 0 Å². The zero-order chi connectivity index (χ0) is 22.8. The number of hydrogen-bond acceptors (Lipinski definition) is 7. The number of piperazine rings is 1. The van der Waals surface area contributed by atoms with Gasteiger partial charge in [0.1, 0.15) is 11.5 Å². The molecule has 1 saturated heterocycles. The predicted molar refractivity (Wildman–Crippen MR) is 123 cm³/mol. The van der Waals surface area contributed by atoms with Gasteiger partial charge in [0, 0.05) is 32.7 Å². The van der Waals surface area contributed by atoms with Gasteiger partial charge in [-0.25, -0.2) is 0 Å². The molecule has 170 valence electrons. The number of aromatic hydroxyl groups is 1. The van der Waals surface area contributed by atoms with Crippen LogP contribution in [0.3, 0.4) is 0 Å². The number of carbonyl (C=O) groups excluding carboxylic acids is 1. The number of hydrogen-bond donors (Lipinski definition) is 1. The van der Waals surface area contributed by atoms with Gasteiger partial charge in [-0.3, -0.25) is 9.69 Å². The number of Topliss-reactive ketones (excluding diaryl/α,β-unsaturated/α-hetero) is 1. The Morgan fingerprint density at radius 3 is 2.41 bits per heavy atom. The van der Waals surface area contributed by atoms with E-state index in [4.69, 9.17) is 14.2 Å². The van der Waals surface area contributed by atoms with Gasteiger partial charge < -0.3 is 24.2 Å². The Balaban J connectivity index is 1.63. The van der Waals surface area contributed by atoms with Crippen molar-refractivity contribution in [1.82, 2.24) is 9.80 Å². The Morgan fingerprint density at radius 1 is 1.06 bits per heavy atom. The normalized spacial score (nSPS) is 18.0. The Labute approximate surface area is 188 Å². The number of benzene rings is 2. The highest BCUT2D eigenvalue weighted by Crippen LogP contribution is 2.42. The second-order valence-corrected chi connectivity index (χ2v) is 8.16. The average Bonchev–Trinajstić information content (AvgIpc) is 3.13. The van der Waals surface area contributed by atoms with Crippen molar-refractivity contribution in [3.8, 4) is 23.0 Å². The molecule has 0 aromatic heterocycles. The molecule has 2 aromatic rings. The highest BCUT2D eigenvalue weighted by atomic mass is 16.5. The molecule has 0 saturated carbocycles. The second-order valence-electron chi connectivity index (χ2n) is 8.16. The first-order valence-electron chi connectivity index (χ1n) is 10.9. The third-order valence-electron chi connectivity index (χ3n) is 6.22. The molecule has 1 N–H and O–H groups in total. The number of phenols is 1. The van der Waals surface area contributed by atoms with Gasteiger partial charge in [0.15, 0.2) is 17.3 Å². The Hall–Kier alpha value is -3.03. The molecule has 7 nitrogen and oxygen atoms in total. The van der Waals surface area contributed by atoms with Crippen molar-refractivity contribution in [2.75, 3.05) is 46.9 Å². The summed E-state index contributed by atoms with van der Waals surface area (Å²) >= 11 is 0. The van der Waals surface area contributed by atoms with E-state index >= 15 is 0 Å². The van der Waals surface area contributed by atoms with Crippen LogP contribution in [-0.2, 0) is 6.54 Å². The molecule has 0 aliphatic carbocycles. The van der Waals surface area contributed by atoms with E-state index in [9.17, 15) is 9.90 Å². The van der Waals surface area contributed by atoms with Crippen LogP contribution in [0.15, 0.2) is 30.0 Å². The molecular formula is C25H30N2O5. The molecule has 0 radical (unpaired) electrons. The van der Waals surface area contributed by atoms with Gasteiger partial charge in [-0.1, -0.05) is 13.0 Å². The van der Waals surface area contributed by atoms with Gasteiger partial charge >= 0.3 is 0 Å². The van der Waals surface area contributed by atoms with Crippen LogP contribution in [0.1, 0.15) is 34.0 Å². The van der Waals surface area contributed by atoms with Crippen molar-refractivity contribution in [2.24, 2.45) is 0 Å². The largest absolute Gasteiger partial charge is 0.507 e. The standard InChI is InChI=1S/C25H30N2O5/c1-5-26-8-10-27(11-9-26)15-18-19(28)12-16(2)23-24(29)22(32-25(18)23)14-17-6-7-20(30-3)21(13-17)31-4/h6-7,12-14,28H,5,8-11,15H2,1-4H3/b22-14-. The third-order valence-corrected chi connectivity index (χ3v) is 6.22. The number of rotatable bonds is 6. The topological polar surface area (TPSA) is 71.5 Å². The zero-order valence-corrected chi connectivity index (χ0v) is 19.1. The van der Waals surface area contributed by atoms with E-state index in [1.54, 1.807) is 38.5 Å². The van der Waals surface area contributed by atoms with E-state index in [1.165, 1.54) is 0 Å². The molecule has 0 spiro atoms. The highest BCUT2D eigenvalue weighted by Gasteiger charge is 2.34. The number of fused-ring (bicyclic) bond motifs is 1. The lowest BCUT2D eigenvalue weighted by atomic mass is 9.99. The summed E-state index contributed by atoms with van der Waals surface area (Å²) in [5.74, 6) is 1.88. The first-order chi connectivity index (χ1) is 15.4. The monoisotopic (exact) mass is 438 g/mol. The van der Waals surface area contributed by atoms with E-state index in [-0.39, 0.29) is 17.3 Å². The van der Waals surface area contributed by atoms with Gasteiger partial charge in [0.05, 0.1) is 25.3 Å². The van der Waals surface area contributed by atoms with Crippen molar-refractivity contribution in [3.05, 3.63) is 52.3 Å². The first kappa shape index (κ1) is 22.2. The molecule has 0 amide bonds. The summed E-state index contributed by atoms with van der Waals surface area (Å²) in [6.45, 7) is 9.40. The number of allylic oxidation sites excluding steroid dienone is 1. The van der Waals surface area contributed by atoms with E-state index < -0.39 is 0 Å². The molecular weight excluding hydrogens is 408 g/mol. The summed E-state index contributed by atoms with van der Waals surface area (Å²) < 4.78 is 16.7. The van der Waals surface area contributed by atoms with E-state index in [2.05, 4.69) is 16.7 Å². The fourth-order valence-electron chi connectivity index (χ4n) is 4.31. The predicted octanol–water partition coefficient (Wildman–Crippen LogP) is 3.47. The van der Waals surface area contributed by atoms with Gasteiger partial charge in [0.2, 0.25) is 5.78 Å². The minimum atomic E-state index is -0.177. The summed E-state index contributed by atoms with van der Waals surface area (Å²) in [6, 6.07) is 7.09. The van der Waals surface area contributed by atoms with Crippen LogP contribution >= 0.6 is 0 Å². The van der Waals surface area contributed by atoms with Gasteiger partial charge in [-0.2, -0.15) is 0 Å². The molecule has 2 aromatic carbocycles. The number of ketones is 1. The maximum atomic E-state index is 13.2. The third kappa shape index (κ3) is 4.18. The van der Waals surface area contributed by atoms with Crippen LogP contribution in [0.5, 0.6) is 23.0 Å². The van der Waals surface area contributed by atoms with E-state index in [1.807, 2.05) is 13.0 Å². The van der Waals surface area contributed by atoms with Crippen LogP contribution in [-0.4, -0.2) is 67.6 Å². The maximum Gasteiger partial charge on any atom is 0.232 e. The van der Waals surface area contributed by atoms with Crippen molar-refractivity contribution in [3.63, 3.8) is 0 Å². The first-order valence-corrected chi connectivity index (χ1v) is 10.9. The number of ether oxygens (including phenoxy) is 3. The molecule has 7 heteroatoms. The van der Waals surface area contributed by atoms with Crippen LogP contribution in [0.4, 0.5) is 0 Å². The molecule has 32 heavy (non-hydrogen) atoms. The number of phenolic OH excluding ortho intramolecular Hbond substituents is 1. The number of nitrogens with zero attached hydrogens (tertiary/aromatic N) is 2. The van der Waals surface area contributed by atoms with Crippen molar-refractivity contribution in [1.29, 1.82) is 0 Å².